The Labute approximate surface area is 130 Å². The molecule has 0 fully saturated rings. The van der Waals surface area contributed by atoms with Crippen molar-refractivity contribution in [2.75, 3.05) is 20.7 Å². The summed E-state index contributed by atoms with van der Waals surface area (Å²) in [6.07, 6.45) is 0. The normalized spacial score (nSPS) is 12.8. The monoisotopic (exact) mass is 305 g/mol. The van der Waals surface area contributed by atoms with Crippen LogP contribution in [0.5, 0.6) is 0 Å². The molecule has 0 saturated carbocycles. The summed E-state index contributed by atoms with van der Waals surface area (Å²) in [6.45, 7) is 4.10. The summed E-state index contributed by atoms with van der Waals surface area (Å²) < 4.78 is 5.30. The molecule has 0 amide bonds. The second-order valence-electron chi connectivity index (χ2n) is 5.16. The van der Waals surface area contributed by atoms with Gasteiger partial charge in [0.25, 0.3) is 0 Å². The van der Waals surface area contributed by atoms with Gasteiger partial charge >= 0.3 is 0 Å². The maximum atomic E-state index is 6.04. The molecule has 1 aromatic carbocycles. The van der Waals surface area contributed by atoms with Crippen molar-refractivity contribution in [2.24, 2.45) is 5.73 Å². The van der Waals surface area contributed by atoms with Crippen LogP contribution >= 0.6 is 11.3 Å². The van der Waals surface area contributed by atoms with Gasteiger partial charge in [0.15, 0.2) is 0 Å². The van der Waals surface area contributed by atoms with Crippen molar-refractivity contribution in [1.29, 1.82) is 0 Å². The van der Waals surface area contributed by atoms with Crippen molar-refractivity contribution < 1.29 is 4.74 Å². The Hall–Kier alpha value is -1.27. The SMILES string of the molecule is COCc1ccccc1C(CN)N(C)Cc1scnc1C. The molecule has 0 spiro atoms. The molecule has 0 bridgehead atoms. The average molecular weight is 305 g/mol. The summed E-state index contributed by atoms with van der Waals surface area (Å²) in [7, 11) is 3.83. The number of aryl methyl sites for hydroxylation is 1. The predicted molar refractivity (Wildman–Crippen MR) is 87.3 cm³/mol. The van der Waals surface area contributed by atoms with Gasteiger partial charge < -0.3 is 10.5 Å². The molecule has 5 heteroatoms. The van der Waals surface area contributed by atoms with Crippen molar-refractivity contribution in [1.82, 2.24) is 9.88 Å². The topological polar surface area (TPSA) is 51.4 Å². The third kappa shape index (κ3) is 3.89. The van der Waals surface area contributed by atoms with Crippen LogP contribution in [-0.4, -0.2) is 30.6 Å². The molecule has 0 saturated heterocycles. The second kappa shape index (κ2) is 7.66. The first kappa shape index (κ1) is 16.1. The van der Waals surface area contributed by atoms with E-state index >= 15 is 0 Å². The first-order chi connectivity index (χ1) is 10.2. The minimum absolute atomic E-state index is 0.179. The van der Waals surface area contributed by atoms with E-state index in [9.17, 15) is 0 Å². The quantitative estimate of drug-likeness (QED) is 0.854. The van der Waals surface area contributed by atoms with E-state index in [1.807, 2.05) is 11.6 Å². The van der Waals surface area contributed by atoms with Crippen LogP contribution in [0.15, 0.2) is 29.8 Å². The molecule has 2 N–H and O–H groups in total. The molecule has 1 unspecified atom stereocenters. The molecule has 114 valence electrons. The summed E-state index contributed by atoms with van der Waals surface area (Å²) in [4.78, 5) is 7.89. The number of methoxy groups -OCH3 is 1. The number of likely N-dealkylation sites (N-methyl/N-ethyl adjacent to an activating group) is 1. The molecule has 0 radical (unpaired) electrons. The molecule has 1 atom stereocenters. The van der Waals surface area contributed by atoms with Crippen LogP contribution in [0.3, 0.4) is 0 Å². The van der Waals surface area contributed by atoms with Gasteiger partial charge in [0.1, 0.15) is 0 Å². The minimum Gasteiger partial charge on any atom is -0.380 e. The summed E-state index contributed by atoms with van der Waals surface area (Å²) >= 11 is 1.70. The lowest BCUT2D eigenvalue weighted by molar-refractivity contribution is 0.179. The van der Waals surface area contributed by atoms with Gasteiger partial charge in [-0.25, -0.2) is 4.98 Å². The zero-order valence-corrected chi connectivity index (χ0v) is 13.7. The molecule has 1 aromatic heterocycles. The molecule has 1 heterocycles. The average Bonchev–Trinajstić information content (AvgIpc) is 2.87. The number of hydrogen-bond donors (Lipinski definition) is 1. The van der Waals surface area contributed by atoms with Crippen LogP contribution in [0.4, 0.5) is 0 Å². The van der Waals surface area contributed by atoms with Crippen LogP contribution in [0.25, 0.3) is 0 Å². The lowest BCUT2D eigenvalue weighted by atomic mass is 9.99. The number of aromatic nitrogens is 1. The highest BCUT2D eigenvalue weighted by molar-refractivity contribution is 7.09. The van der Waals surface area contributed by atoms with E-state index in [2.05, 4.69) is 42.1 Å². The molecule has 2 rings (SSSR count). The summed E-state index contributed by atoms with van der Waals surface area (Å²) in [6, 6.07) is 8.52. The first-order valence-corrected chi connectivity index (χ1v) is 7.91. The van der Waals surface area contributed by atoms with E-state index in [-0.39, 0.29) is 6.04 Å². The highest BCUT2D eigenvalue weighted by atomic mass is 32.1. The van der Waals surface area contributed by atoms with Crippen molar-refractivity contribution >= 4 is 11.3 Å². The van der Waals surface area contributed by atoms with E-state index in [4.69, 9.17) is 10.5 Å². The predicted octanol–water partition coefficient (Wildman–Crippen LogP) is 2.73. The van der Waals surface area contributed by atoms with Crippen molar-refractivity contribution in [3.05, 3.63) is 51.5 Å². The van der Waals surface area contributed by atoms with Gasteiger partial charge in [-0.1, -0.05) is 24.3 Å². The van der Waals surface area contributed by atoms with Crippen LogP contribution in [0.2, 0.25) is 0 Å². The highest BCUT2D eigenvalue weighted by Crippen LogP contribution is 2.26. The summed E-state index contributed by atoms with van der Waals surface area (Å²) in [5.41, 5.74) is 11.5. The van der Waals surface area contributed by atoms with Gasteiger partial charge in [0.2, 0.25) is 0 Å². The maximum Gasteiger partial charge on any atom is 0.0798 e. The Morgan fingerprint density at radius 1 is 1.38 bits per heavy atom. The Morgan fingerprint density at radius 3 is 2.76 bits per heavy atom. The highest BCUT2D eigenvalue weighted by Gasteiger charge is 2.19. The third-order valence-electron chi connectivity index (χ3n) is 3.71. The molecule has 4 nitrogen and oxygen atoms in total. The number of hydrogen-bond acceptors (Lipinski definition) is 5. The molecule has 0 aliphatic carbocycles. The number of ether oxygens (including phenoxy) is 1. The fourth-order valence-corrected chi connectivity index (χ4v) is 3.34. The van der Waals surface area contributed by atoms with Crippen molar-refractivity contribution in [2.45, 2.75) is 26.1 Å². The molecule has 0 aliphatic heterocycles. The fourth-order valence-electron chi connectivity index (χ4n) is 2.51. The van der Waals surface area contributed by atoms with Crippen LogP contribution in [-0.2, 0) is 17.9 Å². The smallest absolute Gasteiger partial charge is 0.0798 e. The maximum absolute atomic E-state index is 6.04. The second-order valence-corrected chi connectivity index (χ2v) is 6.10. The summed E-state index contributed by atoms with van der Waals surface area (Å²) in [5, 5.41) is 0. The molecule has 0 aliphatic rings. The van der Waals surface area contributed by atoms with Gasteiger partial charge in [-0.2, -0.15) is 0 Å². The lowest BCUT2D eigenvalue weighted by Gasteiger charge is -2.28. The van der Waals surface area contributed by atoms with Gasteiger partial charge in [0, 0.05) is 31.1 Å². The van der Waals surface area contributed by atoms with Gasteiger partial charge in [-0.3, -0.25) is 4.90 Å². The Morgan fingerprint density at radius 2 is 2.14 bits per heavy atom. The Balaban J connectivity index is 2.21. The van der Waals surface area contributed by atoms with E-state index in [0.29, 0.717) is 13.2 Å². The van der Waals surface area contributed by atoms with Crippen molar-refractivity contribution in [3.8, 4) is 0 Å². The number of thiazole rings is 1. The van der Waals surface area contributed by atoms with Gasteiger partial charge in [0.05, 0.1) is 17.8 Å². The van der Waals surface area contributed by atoms with E-state index in [1.165, 1.54) is 16.0 Å². The zero-order chi connectivity index (χ0) is 15.2. The lowest BCUT2D eigenvalue weighted by Crippen LogP contribution is -2.31. The van der Waals surface area contributed by atoms with Crippen LogP contribution in [0.1, 0.15) is 27.7 Å². The fraction of sp³-hybridized carbons (Fsp3) is 0.438. The van der Waals surface area contributed by atoms with E-state index in [0.717, 1.165) is 12.2 Å². The standard InChI is InChI=1S/C16H23N3OS/c1-12-16(21-11-18-12)9-19(2)15(8-17)14-7-5-4-6-13(14)10-20-3/h4-7,11,15H,8-10,17H2,1-3H3. The van der Waals surface area contributed by atoms with E-state index < -0.39 is 0 Å². The Kier molecular flexibility index (Phi) is 5.87. The first-order valence-electron chi connectivity index (χ1n) is 7.03. The largest absolute Gasteiger partial charge is 0.380 e. The van der Waals surface area contributed by atoms with E-state index in [1.54, 1.807) is 18.4 Å². The Bertz CT molecular complexity index is 570. The molecular formula is C16H23N3OS. The zero-order valence-electron chi connectivity index (χ0n) is 12.9. The summed E-state index contributed by atoms with van der Waals surface area (Å²) in [5.74, 6) is 0. The number of nitrogens with zero attached hydrogens (tertiary/aromatic N) is 2. The van der Waals surface area contributed by atoms with Gasteiger partial charge in [-0.15, -0.1) is 11.3 Å². The van der Waals surface area contributed by atoms with Crippen LogP contribution < -0.4 is 5.73 Å². The molecular weight excluding hydrogens is 282 g/mol. The van der Waals surface area contributed by atoms with Gasteiger partial charge in [-0.05, 0) is 25.1 Å². The third-order valence-corrected chi connectivity index (χ3v) is 4.63. The molecule has 21 heavy (non-hydrogen) atoms. The number of nitrogens with two attached hydrogens (primary N) is 1. The molecule has 2 aromatic rings. The minimum atomic E-state index is 0.179. The number of rotatable bonds is 7. The number of benzene rings is 1. The van der Waals surface area contributed by atoms with Crippen molar-refractivity contribution in [3.63, 3.8) is 0 Å². The van der Waals surface area contributed by atoms with Crippen LogP contribution in [0, 0.1) is 6.92 Å².